The normalized spacial score (nSPS) is 13.8. The van der Waals surface area contributed by atoms with Crippen LogP contribution in [0.3, 0.4) is 0 Å². The lowest BCUT2D eigenvalue weighted by atomic mass is 9.90. The zero-order valence-electron chi connectivity index (χ0n) is 9.84. The standard InChI is InChI=1S/C11H13Cl2N3O2/c1-11(16-18,10(17)15-2)9(14)6-3-7(12)5-8(13)4-6/h3-5,14,16,18H,1-2H3,(H,15,17). The Morgan fingerprint density at radius 2 is 1.83 bits per heavy atom. The fourth-order valence-electron chi connectivity index (χ4n) is 1.46. The van der Waals surface area contributed by atoms with Crippen molar-refractivity contribution < 1.29 is 10.0 Å². The number of rotatable bonds is 4. The highest BCUT2D eigenvalue weighted by atomic mass is 35.5. The van der Waals surface area contributed by atoms with Crippen molar-refractivity contribution in [2.45, 2.75) is 12.5 Å². The maximum Gasteiger partial charge on any atom is 0.248 e. The Kier molecular flexibility index (Phi) is 4.70. The van der Waals surface area contributed by atoms with Crippen LogP contribution in [0.5, 0.6) is 0 Å². The number of benzene rings is 1. The van der Waals surface area contributed by atoms with Crippen LogP contribution in [0.4, 0.5) is 0 Å². The summed E-state index contributed by atoms with van der Waals surface area (Å²) in [4.78, 5) is 11.7. The summed E-state index contributed by atoms with van der Waals surface area (Å²) < 4.78 is 0. The molecule has 0 aliphatic carbocycles. The second kappa shape index (κ2) is 5.67. The number of hydrogen-bond donors (Lipinski definition) is 4. The predicted molar refractivity (Wildman–Crippen MR) is 70.7 cm³/mol. The van der Waals surface area contributed by atoms with Crippen molar-refractivity contribution in [1.29, 1.82) is 5.41 Å². The molecule has 0 aliphatic rings. The predicted octanol–water partition coefficient (Wildman–Crippen LogP) is 1.84. The molecule has 0 bridgehead atoms. The van der Waals surface area contributed by atoms with Crippen molar-refractivity contribution in [3.63, 3.8) is 0 Å². The van der Waals surface area contributed by atoms with Crippen LogP contribution < -0.4 is 10.8 Å². The van der Waals surface area contributed by atoms with E-state index in [0.717, 1.165) is 0 Å². The molecule has 1 unspecified atom stereocenters. The molecule has 1 aromatic rings. The molecular weight excluding hydrogens is 277 g/mol. The summed E-state index contributed by atoms with van der Waals surface area (Å²) in [7, 11) is 1.41. The van der Waals surface area contributed by atoms with Gasteiger partial charge in [-0.25, -0.2) is 0 Å². The number of carbonyl (C=O) groups excluding carboxylic acids is 1. The summed E-state index contributed by atoms with van der Waals surface area (Å²) in [6, 6.07) is 4.51. The van der Waals surface area contributed by atoms with E-state index in [1.807, 2.05) is 5.48 Å². The van der Waals surface area contributed by atoms with Crippen molar-refractivity contribution in [1.82, 2.24) is 10.8 Å². The minimum Gasteiger partial charge on any atom is -0.357 e. The summed E-state index contributed by atoms with van der Waals surface area (Å²) >= 11 is 11.7. The molecule has 0 spiro atoms. The third kappa shape index (κ3) is 2.81. The summed E-state index contributed by atoms with van der Waals surface area (Å²) in [5.74, 6) is -0.550. The van der Waals surface area contributed by atoms with Gasteiger partial charge in [0, 0.05) is 22.7 Å². The van der Waals surface area contributed by atoms with Crippen molar-refractivity contribution >= 4 is 34.8 Å². The van der Waals surface area contributed by atoms with Gasteiger partial charge in [-0.05, 0) is 25.1 Å². The number of carbonyl (C=O) groups is 1. The van der Waals surface area contributed by atoms with Crippen LogP contribution in [0.25, 0.3) is 0 Å². The van der Waals surface area contributed by atoms with Gasteiger partial charge in [-0.15, -0.1) is 0 Å². The maximum atomic E-state index is 11.7. The highest BCUT2D eigenvalue weighted by Crippen LogP contribution is 2.22. The molecule has 18 heavy (non-hydrogen) atoms. The highest BCUT2D eigenvalue weighted by Gasteiger charge is 2.37. The molecule has 1 amide bonds. The molecule has 0 radical (unpaired) electrons. The van der Waals surface area contributed by atoms with Gasteiger partial charge in [-0.1, -0.05) is 23.2 Å². The van der Waals surface area contributed by atoms with Gasteiger partial charge in [-0.2, -0.15) is 5.48 Å². The number of hydrogen-bond acceptors (Lipinski definition) is 4. The third-order valence-corrected chi connectivity index (χ3v) is 2.99. The van der Waals surface area contributed by atoms with E-state index in [1.165, 1.54) is 32.2 Å². The van der Waals surface area contributed by atoms with Crippen molar-refractivity contribution in [3.05, 3.63) is 33.8 Å². The first-order valence-electron chi connectivity index (χ1n) is 5.04. The minimum atomic E-state index is -1.58. The summed E-state index contributed by atoms with van der Waals surface area (Å²) in [5.41, 5.74) is 0.466. The number of amides is 1. The quantitative estimate of drug-likeness (QED) is 0.504. The Hall–Kier alpha value is -1.14. The average Bonchev–Trinajstić information content (AvgIpc) is 2.34. The Morgan fingerprint density at radius 1 is 1.33 bits per heavy atom. The molecule has 1 aromatic carbocycles. The van der Waals surface area contributed by atoms with Crippen LogP contribution in [0, 0.1) is 5.41 Å². The first-order valence-corrected chi connectivity index (χ1v) is 5.79. The van der Waals surface area contributed by atoms with E-state index in [9.17, 15) is 4.79 Å². The van der Waals surface area contributed by atoms with Crippen LogP contribution in [0.1, 0.15) is 12.5 Å². The van der Waals surface area contributed by atoms with E-state index in [2.05, 4.69) is 5.32 Å². The van der Waals surface area contributed by atoms with Gasteiger partial charge < -0.3 is 15.9 Å². The minimum absolute atomic E-state index is 0.145. The second-order valence-corrected chi connectivity index (χ2v) is 4.72. The Bertz CT molecular complexity index is 473. The van der Waals surface area contributed by atoms with Gasteiger partial charge in [-0.3, -0.25) is 4.79 Å². The number of likely N-dealkylation sites (N-methyl/N-ethyl adjacent to an activating group) is 1. The van der Waals surface area contributed by atoms with E-state index in [1.54, 1.807) is 0 Å². The van der Waals surface area contributed by atoms with Crippen LogP contribution in [-0.4, -0.2) is 29.4 Å². The van der Waals surface area contributed by atoms with E-state index >= 15 is 0 Å². The van der Waals surface area contributed by atoms with Crippen LogP contribution >= 0.6 is 23.2 Å². The zero-order chi connectivity index (χ0) is 13.9. The van der Waals surface area contributed by atoms with Crippen LogP contribution in [0.2, 0.25) is 10.0 Å². The molecule has 4 N–H and O–H groups in total. The lowest BCUT2D eigenvalue weighted by Gasteiger charge is -2.26. The molecule has 0 saturated heterocycles. The largest absolute Gasteiger partial charge is 0.357 e. The summed E-state index contributed by atoms with van der Waals surface area (Å²) in [5, 5.41) is 20.2. The molecule has 0 aromatic heterocycles. The molecule has 0 heterocycles. The monoisotopic (exact) mass is 289 g/mol. The topological polar surface area (TPSA) is 85.2 Å². The zero-order valence-corrected chi connectivity index (χ0v) is 11.4. The molecular formula is C11H13Cl2N3O2. The first-order chi connectivity index (χ1) is 8.35. The Balaban J connectivity index is 3.23. The van der Waals surface area contributed by atoms with Gasteiger partial charge in [0.15, 0.2) is 5.54 Å². The van der Waals surface area contributed by atoms with Crippen LogP contribution in [-0.2, 0) is 4.79 Å². The molecule has 7 heteroatoms. The van der Waals surface area contributed by atoms with Crippen molar-refractivity contribution in [2.75, 3.05) is 7.05 Å². The lowest BCUT2D eigenvalue weighted by molar-refractivity contribution is -0.127. The van der Waals surface area contributed by atoms with E-state index in [-0.39, 0.29) is 5.71 Å². The van der Waals surface area contributed by atoms with Gasteiger partial charge in [0.1, 0.15) is 0 Å². The molecule has 0 aliphatic heterocycles. The highest BCUT2D eigenvalue weighted by molar-refractivity contribution is 6.35. The lowest BCUT2D eigenvalue weighted by Crippen LogP contribution is -2.58. The number of nitrogens with one attached hydrogen (secondary N) is 3. The number of halogens is 2. The molecule has 0 fully saturated rings. The fourth-order valence-corrected chi connectivity index (χ4v) is 1.98. The SMILES string of the molecule is CNC(=O)C(C)(NO)C(=N)c1cc(Cl)cc(Cl)c1. The average molecular weight is 290 g/mol. The van der Waals surface area contributed by atoms with Crippen molar-refractivity contribution in [3.8, 4) is 0 Å². The summed E-state index contributed by atoms with van der Waals surface area (Å²) in [6.07, 6.45) is 0. The number of hydroxylamine groups is 1. The van der Waals surface area contributed by atoms with E-state index in [4.69, 9.17) is 33.8 Å². The van der Waals surface area contributed by atoms with Gasteiger partial charge >= 0.3 is 0 Å². The van der Waals surface area contributed by atoms with Crippen molar-refractivity contribution in [2.24, 2.45) is 0 Å². The maximum absolute atomic E-state index is 11.7. The van der Waals surface area contributed by atoms with E-state index < -0.39 is 11.4 Å². The summed E-state index contributed by atoms with van der Waals surface area (Å²) in [6.45, 7) is 1.38. The third-order valence-electron chi connectivity index (χ3n) is 2.56. The van der Waals surface area contributed by atoms with Gasteiger partial charge in [0.05, 0.1) is 5.71 Å². The molecule has 98 valence electrons. The molecule has 5 nitrogen and oxygen atoms in total. The molecule has 0 saturated carbocycles. The van der Waals surface area contributed by atoms with E-state index in [0.29, 0.717) is 15.6 Å². The Labute approximate surface area is 115 Å². The molecule has 1 atom stereocenters. The fraction of sp³-hybridized carbons (Fsp3) is 0.273. The van der Waals surface area contributed by atoms with Gasteiger partial charge in [0.25, 0.3) is 0 Å². The second-order valence-electron chi connectivity index (χ2n) is 3.85. The smallest absolute Gasteiger partial charge is 0.248 e. The Morgan fingerprint density at radius 3 is 2.22 bits per heavy atom. The molecule has 1 rings (SSSR count). The first kappa shape index (κ1) is 14.9. The van der Waals surface area contributed by atoms with Gasteiger partial charge in [0.2, 0.25) is 5.91 Å². The van der Waals surface area contributed by atoms with Crippen LogP contribution in [0.15, 0.2) is 18.2 Å².